The van der Waals surface area contributed by atoms with Crippen LogP contribution < -0.4 is 5.32 Å². The van der Waals surface area contributed by atoms with Crippen molar-refractivity contribution in [3.8, 4) is 11.3 Å². The smallest absolute Gasteiger partial charge is 0.229 e. The topological polar surface area (TPSA) is 88.8 Å². The van der Waals surface area contributed by atoms with Crippen molar-refractivity contribution in [1.29, 1.82) is 0 Å². The van der Waals surface area contributed by atoms with E-state index < -0.39 is 11.6 Å². The lowest BCUT2D eigenvalue weighted by molar-refractivity contribution is 0.102. The molecule has 1 aromatic carbocycles. The standard InChI is InChI=1S/C27H27F2N7O/c1-15(2)36-16(3)32-25-20(28)11-19(12-22(25)36)24-21(29)14-31-27(34-24)33-23-6-5-18(13-30-23)26(37)17-7-9-35(4)10-8-17/h5-7,11-15H,8-10H2,1-4H3,(H,30,31,33,34). The summed E-state index contributed by atoms with van der Waals surface area (Å²) in [6, 6.07) is 6.28. The molecule has 37 heavy (non-hydrogen) atoms. The summed E-state index contributed by atoms with van der Waals surface area (Å²) >= 11 is 0. The molecule has 0 bridgehead atoms. The largest absolute Gasteiger partial charge is 0.326 e. The molecule has 0 radical (unpaired) electrons. The second kappa shape index (κ2) is 9.78. The van der Waals surface area contributed by atoms with E-state index in [1.54, 1.807) is 18.2 Å². The third-order valence-corrected chi connectivity index (χ3v) is 6.43. The maximum atomic E-state index is 14.9. The number of carbonyl (C=O) groups excluding carboxylic acids is 1. The van der Waals surface area contributed by atoms with Gasteiger partial charge in [0.15, 0.2) is 17.4 Å². The number of aryl methyl sites for hydroxylation is 1. The van der Waals surface area contributed by atoms with Crippen LogP contribution in [0, 0.1) is 18.6 Å². The fourth-order valence-electron chi connectivity index (χ4n) is 4.57. The molecule has 1 aliphatic heterocycles. The first kappa shape index (κ1) is 24.6. The highest BCUT2D eigenvalue weighted by atomic mass is 19.1. The third kappa shape index (κ3) is 4.84. The van der Waals surface area contributed by atoms with Gasteiger partial charge in [-0.15, -0.1) is 0 Å². The zero-order valence-corrected chi connectivity index (χ0v) is 21.1. The molecule has 4 aromatic rings. The second-order valence-corrected chi connectivity index (χ2v) is 9.47. The normalized spacial score (nSPS) is 14.3. The lowest BCUT2D eigenvalue weighted by Gasteiger charge is -2.21. The number of anilines is 2. The number of likely N-dealkylation sites (N-methyl/N-ethyl adjacent to an activating group) is 1. The van der Waals surface area contributed by atoms with Crippen LogP contribution in [-0.2, 0) is 0 Å². The molecule has 4 heterocycles. The third-order valence-electron chi connectivity index (χ3n) is 6.43. The Morgan fingerprint density at radius 1 is 1.08 bits per heavy atom. The van der Waals surface area contributed by atoms with Crippen molar-refractivity contribution in [2.75, 3.05) is 25.5 Å². The van der Waals surface area contributed by atoms with E-state index in [0.29, 0.717) is 29.1 Å². The van der Waals surface area contributed by atoms with Gasteiger partial charge in [-0.1, -0.05) is 6.08 Å². The molecule has 0 atom stereocenters. The number of halogens is 2. The van der Waals surface area contributed by atoms with Crippen LogP contribution >= 0.6 is 0 Å². The predicted octanol–water partition coefficient (Wildman–Crippen LogP) is 5.24. The van der Waals surface area contributed by atoms with E-state index in [1.165, 1.54) is 12.3 Å². The van der Waals surface area contributed by atoms with Gasteiger partial charge in [-0.3, -0.25) is 4.79 Å². The van der Waals surface area contributed by atoms with E-state index in [2.05, 4.69) is 30.2 Å². The molecule has 0 saturated carbocycles. The minimum atomic E-state index is -0.683. The Balaban J connectivity index is 1.41. The lowest BCUT2D eigenvalue weighted by atomic mass is 9.99. The molecule has 0 amide bonds. The molecular weight excluding hydrogens is 476 g/mol. The van der Waals surface area contributed by atoms with Crippen LogP contribution in [0.3, 0.4) is 0 Å². The molecule has 5 rings (SSSR count). The summed E-state index contributed by atoms with van der Waals surface area (Å²) in [6.45, 7) is 7.34. The van der Waals surface area contributed by atoms with Gasteiger partial charge in [0.2, 0.25) is 5.95 Å². The monoisotopic (exact) mass is 503 g/mol. The van der Waals surface area contributed by atoms with Crippen molar-refractivity contribution in [1.82, 2.24) is 29.4 Å². The summed E-state index contributed by atoms with van der Waals surface area (Å²) in [5.74, 6) is -0.120. The number of nitrogens with zero attached hydrogens (tertiary/aromatic N) is 6. The van der Waals surface area contributed by atoms with Crippen LogP contribution in [0.1, 0.15) is 42.5 Å². The maximum absolute atomic E-state index is 14.9. The van der Waals surface area contributed by atoms with Gasteiger partial charge in [-0.25, -0.2) is 28.7 Å². The van der Waals surface area contributed by atoms with Crippen molar-refractivity contribution in [2.45, 2.75) is 33.2 Å². The molecule has 0 saturated heterocycles. The first-order valence-corrected chi connectivity index (χ1v) is 12.1. The van der Waals surface area contributed by atoms with E-state index in [4.69, 9.17) is 0 Å². The van der Waals surface area contributed by atoms with E-state index >= 15 is 0 Å². The fourth-order valence-corrected chi connectivity index (χ4v) is 4.57. The predicted molar refractivity (Wildman–Crippen MR) is 138 cm³/mol. The second-order valence-electron chi connectivity index (χ2n) is 9.47. The molecular formula is C27H27F2N7O. The quantitative estimate of drug-likeness (QED) is 0.360. The van der Waals surface area contributed by atoms with Crippen LogP contribution in [-0.4, -0.2) is 55.3 Å². The van der Waals surface area contributed by atoms with Gasteiger partial charge < -0.3 is 14.8 Å². The molecule has 0 unspecified atom stereocenters. The molecule has 0 spiro atoms. The van der Waals surface area contributed by atoms with Crippen LogP contribution in [0.2, 0.25) is 0 Å². The number of rotatable bonds is 6. The summed E-state index contributed by atoms with van der Waals surface area (Å²) in [5.41, 5.74) is 2.30. The molecule has 1 aliphatic rings. The average molecular weight is 504 g/mol. The number of carbonyl (C=O) groups is 1. The van der Waals surface area contributed by atoms with Gasteiger partial charge in [-0.2, -0.15) is 0 Å². The van der Waals surface area contributed by atoms with E-state index in [9.17, 15) is 13.6 Å². The maximum Gasteiger partial charge on any atom is 0.229 e. The zero-order valence-electron chi connectivity index (χ0n) is 21.1. The van der Waals surface area contributed by atoms with Crippen LogP contribution in [0.4, 0.5) is 20.5 Å². The number of ketones is 1. The molecule has 10 heteroatoms. The average Bonchev–Trinajstić information content (AvgIpc) is 3.22. The summed E-state index contributed by atoms with van der Waals surface area (Å²) in [7, 11) is 2.01. The van der Waals surface area contributed by atoms with E-state index in [0.717, 1.165) is 24.9 Å². The molecule has 1 N–H and O–H groups in total. The Morgan fingerprint density at radius 2 is 1.89 bits per heavy atom. The number of pyridine rings is 1. The van der Waals surface area contributed by atoms with Gasteiger partial charge in [0.05, 0.1) is 11.7 Å². The van der Waals surface area contributed by atoms with E-state index in [-0.39, 0.29) is 34.5 Å². The molecule has 8 nitrogen and oxygen atoms in total. The van der Waals surface area contributed by atoms with Crippen LogP contribution in [0.25, 0.3) is 22.3 Å². The van der Waals surface area contributed by atoms with Gasteiger partial charge in [0.25, 0.3) is 0 Å². The number of imidazole rings is 1. The number of hydrogen-bond donors (Lipinski definition) is 1. The first-order valence-electron chi connectivity index (χ1n) is 12.1. The SMILES string of the molecule is Cc1nc2c(F)cc(-c3nc(Nc4ccc(C(=O)C5=CCN(C)CC5)cn4)ncc3F)cc2n1C(C)C. The van der Waals surface area contributed by atoms with E-state index in [1.807, 2.05) is 38.5 Å². The van der Waals surface area contributed by atoms with Gasteiger partial charge >= 0.3 is 0 Å². The first-order chi connectivity index (χ1) is 17.7. The Morgan fingerprint density at radius 3 is 2.57 bits per heavy atom. The molecule has 3 aromatic heterocycles. The van der Waals surface area contributed by atoms with Crippen molar-refractivity contribution in [3.05, 3.63) is 71.3 Å². The number of hydrogen-bond acceptors (Lipinski definition) is 7. The van der Waals surface area contributed by atoms with Crippen LogP contribution in [0.15, 0.2) is 48.3 Å². The van der Waals surface area contributed by atoms with Gasteiger partial charge in [-0.05, 0) is 64.1 Å². The van der Waals surface area contributed by atoms with Gasteiger partial charge in [0.1, 0.15) is 22.9 Å². The summed E-state index contributed by atoms with van der Waals surface area (Å²) in [4.78, 5) is 31.8. The Hall–Kier alpha value is -4.05. The number of benzene rings is 1. The highest BCUT2D eigenvalue weighted by Gasteiger charge is 2.19. The molecule has 0 aliphatic carbocycles. The summed E-state index contributed by atoms with van der Waals surface area (Å²) in [5, 5.41) is 2.93. The zero-order chi connectivity index (χ0) is 26.3. The van der Waals surface area contributed by atoms with Crippen molar-refractivity contribution in [3.63, 3.8) is 0 Å². The Kier molecular flexibility index (Phi) is 6.51. The van der Waals surface area contributed by atoms with Crippen molar-refractivity contribution in [2.24, 2.45) is 0 Å². The Bertz CT molecular complexity index is 1530. The Labute approximate surface area is 213 Å². The van der Waals surface area contributed by atoms with Gasteiger partial charge in [0, 0.05) is 36.5 Å². The highest BCUT2D eigenvalue weighted by Crippen LogP contribution is 2.30. The number of fused-ring (bicyclic) bond motifs is 1. The summed E-state index contributed by atoms with van der Waals surface area (Å²) in [6.07, 6.45) is 5.17. The number of aromatic nitrogens is 5. The fraction of sp³-hybridized carbons (Fsp3) is 0.296. The lowest BCUT2D eigenvalue weighted by Crippen LogP contribution is -2.26. The summed E-state index contributed by atoms with van der Waals surface area (Å²) < 4.78 is 31.6. The van der Waals surface area contributed by atoms with Crippen molar-refractivity contribution < 1.29 is 13.6 Å². The molecule has 0 fully saturated rings. The number of nitrogens with one attached hydrogen (secondary N) is 1. The van der Waals surface area contributed by atoms with Crippen LogP contribution in [0.5, 0.6) is 0 Å². The highest BCUT2D eigenvalue weighted by molar-refractivity contribution is 6.08. The number of Topliss-reactive ketones (excluding diaryl/α,β-unsaturated/α-hetero) is 1. The molecule has 190 valence electrons. The van der Waals surface area contributed by atoms with Crippen molar-refractivity contribution >= 4 is 28.6 Å². The minimum absolute atomic E-state index is 0.0410. The minimum Gasteiger partial charge on any atom is -0.326 e.